The molecule has 2 aromatic rings. The van der Waals surface area contributed by atoms with Crippen molar-refractivity contribution in [1.29, 1.82) is 0 Å². The Morgan fingerprint density at radius 1 is 0.778 bits per heavy atom. The molecular formula is C11H7Br6N. The average Bonchev–Trinajstić information content (AvgIpc) is 2.59. The average molecular weight is 633 g/mol. The van der Waals surface area contributed by atoms with Crippen LogP contribution in [0.15, 0.2) is 27.0 Å². The lowest BCUT2D eigenvalue weighted by molar-refractivity contribution is 0.689. The summed E-state index contributed by atoms with van der Waals surface area (Å²) in [5, 5.41) is 1.15. The van der Waals surface area contributed by atoms with E-state index in [1.807, 2.05) is 0 Å². The minimum absolute atomic E-state index is 0.960. The van der Waals surface area contributed by atoms with Crippen LogP contribution in [0.2, 0.25) is 0 Å². The highest BCUT2D eigenvalue weighted by atomic mass is 79.9. The van der Waals surface area contributed by atoms with Gasteiger partial charge < -0.3 is 4.57 Å². The quantitative estimate of drug-likeness (QED) is 0.237. The molecule has 0 aliphatic rings. The largest absolute Gasteiger partial charge is 0.333 e. The lowest BCUT2D eigenvalue weighted by atomic mass is 10.2. The van der Waals surface area contributed by atoms with Crippen LogP contribution in [0.3, 0.4) is 0 Å². The summed E-state index contributed by atoms with van der Waals surface area (Å²) in [6.45, 7) is 3.13. The van der Waals surface area contributed by atoms with Crippen molar-refractivity contribution in [2.24, 2.45) is 0 Å². The smallest absolute Gasteiger partial charge is 0.100 e. The number of rotatable bonds is 2. The fraction of sp³-hybridized carbons (Fsp3) is 0.273. The van der Waals surface area contributed by atoms with E-state index in [1.54, 1.807) is 0 Å². The van der Waals surface area contributed by atoms with Gasteiger partial charge in [-0.05, 0) is 102 Å². The molecule has 0 amide bonds. The second-order valence-corrected chi connectivity index (χ2v) is 8.45. The molecule has 0 atom stereocenters. The van der Waals surface area contributed by atoms with Crippen molar-refractivity contribution in [1.82, 2.24) is 4.57 Å². The third-order valence-corrected chi connectivity index (χ3v) is 9.47. The van der Waals surface area contributed by atoms with Gasteiger partial charge in [0.25, 0.3) is 0 Å². The van der Waals surface area contributed by atoms with Gasteiger partial charge in [0, 0.05) is 25.3 Å². The fourth-order valence-electron chi connectivity index (χ4n) is 1.83. The zero-order chi connectivity index (χ0) is 13.6. The summed E-state index contributed by atoms with van der Waals surface area (Å²) in [7, 11) is 0. The standard InChI is InChI=1S/C11H7Br6N/c1-2-3-18-10-4(6(13)11(18)17)5(12)7(14)8(15)9(10)16/h2-3H2,1H3. The van der Waals surface area contributed by atoms with Gasteiger partial charge >= 0.3 is 0 Å². The summed E-state index contributed by atoms with van der Waals surface area (Å²) >= 11 is 21.8. The maximum Gasteiger partial charge on any atom is 0.100 e. The Morgan fingerprint density at radius 3 is 1.89 bits per heavy atom. The molecule has 0 bridgehead atoms. The van der Waals surface area contributed by atoms with Gasteiger partial charge in [-0.3, -0.25) is 0 Å². The van der Waals surface area contributed by atoms with Crippen molar-refractivity contribution >= 4 is 106 Å². The number of fused-ring (bicyclic) bond motifs is 1. The van der Waals surface area contributed by atoms with Gasteiger partial charge in [0.15, 0.2) is 0 Å². The molecule has 0 fully saturated rings. The molecule has 1 nitrogen and oxygen atoms in total. The lowest BCUT2D eigenvalue weighted by Crippen LogP contribution is -1.97. The summed E-state index contributed by atoms with van der Waals surface area (Å²) < 4.78 is 8.48. The number of nitrogens with zero attached hydrogens (tertiary/aromatic N) is 1. The number of aromatic nitrogens is 1. The molecule has 0 aliphatic carbocycles. The molecule has 18 heavy (non-hydrogen) atoms. The van der Waals surface area contributed by atoms with E-state index in [4.69, 9.17) is 0 Å². The van der Waals surface area contributed by atoms with E-state index in [1.165, 1.54) is 0 Å². The first-order valence-corrected chi connectivity index (χ1v) is 9.86. The maximum atomic E-state index is 3.67. The Bertz CT molecular complexity index is 631. The van der Waals surface area contributed by atoms with Crippen molar-refractivity contribution in [2.45, 2.75) is 19.9 Å². The first-order chi connectivity index (χ1) is 8.41. The predicted octanol–water partition coefficient (Wildman–Crippen LogP) is 7.63. The van der Waals surface area contributed by atoms with Gasteiger partial charge in [0.1, 0.15) is 4.60 Å². The Hall–Kier alpha value is 1.64. The lowest BCUT2D eigenvalue weighted by Gasteiger charge is -2.10. The van der Waals surface area contributed by atoms with Gasteiger partial charge in [0.05, 0.1) is 14.5 Å². The molecule has 0 aliphatic heterocycles. The molecule has 1 heterocycles. The van der Waals surface area contributed by atoms with Crippen molar-refractivity contribution in [3.05, 3.63) is 27.0 Å². The first kappa shape index (κ1) is 16.0. The molecule has 1 aromatic heterocycles. The van der Waals surface area contributed by atoms with Gasteiger partial charge in [-0.15, -0.1) is 0 Å². The second-order valence-electron chi connectivity index (χ2n) is 3.74. The Morgan fingerprint density at radius 2 is 1.33 bits per heavy atom. The zero-order valence-electron chi connectivity index (χ0n) is 9.13. The highest BCUT2D eigenvalue weighted by Gasteiger charge is 2.22. The molecule has 0 saturated carbocycles. The fourth-order valence-corrected chi connectivity index (χ4v) is 5.76. The molecule has 0 radical (unpaired) electrons. The summed E-state index contributed by atoms with van der Waals surface area (Å²) in [5.41, 5.74) is 1.16. The predicted molar refractivity (Wildman–Crippen MR) is 98.4 cm³/mol. The van der Waals surface area contributed by atoms with E-state index in [0.717, 1.165) is 50.8 Å². The Balaban J connectivity index is 3.01. The number of benzene rings is 1. The van der Waals surface area contributed by atoms with Crippen molar-refractivity contribution in [3.8, 4) is 0 Å². The van der Waals surface area contributed by atoms with E-state index in [9.17, 15) is 0 Å². The van der Waals surface area contributed by atoms with Crippen LogP contribution in [0.5, 0.6) is 0 Å². The summed E-state index contributed by atoms with van der Waals surface area (Å²) in [6, 6.07) is 0. The van der Waals surface area contributed by atoms with Crippen LogP contribution in [0.4, 0.5) is 0 Å². The minimum atomic E-state index is 0.960. The molecule has 0 spiro atoms. The zero-order valence-corrected chi connectivity index (χ0v) is 18.6. The number of hydrogen-bond donors (Lipinski definition) is 0. The molecular weight excluding hydrogens is 626 g/mol. The van der Waals surface area contributed by atoms with Crippen LogP contribution >= 0.6 is 95.6 Å². The molecule has 7 heteroatoms. The summed E-state index contributed by atoms with van der Waals surface area (Å²) in [4.78, 5) is 0. The van der Waals surface area contributed by atoms with Crippen LogP contribution in [-0.4, -0.2) is 4.57 Å². The van der Waals surface area contributed by atoms with E-state index in [0.29, 0.717) is 0 Å². The third-order valence-electron chi connectivity index (χ3n) is 2.60. The van der Waals surface area contributed by atoms with Crippen molar-refractivity contribution < 1.29 is 0 Å². The van der Waals surface area contributed by atoms with Crippen LogP contribution in [0.25, 0.3) is 10.9 Å². The van der Waals surface area contributed by atoms with E-state index < -0.39 is 0 Å². The Kier molecular flexibility index (Phi) is 5.50. The van der Waals surface area contributed by atoms with E-state index in [2.05, 4.69) is 107 Å². The maximum absolute atomic E-state index is 3.67. The highest BCUT2D eigenvalue weighted by molar-refractivity contribution is 9.15. The topological polar surface area (TPSA) is 4.93 Å². The van der Waals surface area contributed by atoms with E-state index in [-0.39, 0.29) is 0 Å². The molecule has 98 valence electrons. The first-order valence-electron chi connectivity index (χ1n) is 5.10. The molecule has 0 unspecified atom stereocenters. The molecule has 2 rings (SSSR count). The Labute approximate surface area is 156 Å². The monoisotopic (exact) mass is 627 g/mol. The molecule has 0 N–H and O–H groups in total. The number of hydrogen-bond acceptors (Lipinski definition) is 0. The number of halogens is 6. The van der Waals surface area contributed by atoms with Crippen molar-refractivity contribution in [3.63, 3.8) is 0 Å². The van der Waals surface area contributed by atoms with Gasteiger partial charge in [-0.25, -0.2) is 0 Å². The van der Waals surface area contributed by atoms with Gasteiger partial charge in [-0.2, -0.15) is 0 Å². The van der Waals surface area contributed by atoms with Crippen molar-refractivity contribution in [2.75, 3.05) is 0 Å². The molecule has 1 aromatic carbocycles. The summed E-state index contributed by atoms with van der Waals surface area (Å²) in [5.74, 6) is 0. The van der Waals surface area contributed by atoms with Crippen LogP contribution < -0.4 is 0 Å². The van der Waals surface area contributed by atoms with Gasteiger partial charge in [-0.1, -0.05) is 6.92 Å². The van der Waals surface area contributed by atoms with Crippen LogP contribution in [0.1, 0.15) is 13.3 Å². The van der Waals surface area contributed by atoms with Crippen LogP contribution in [-0.2, 0) is 6.54 Å². The normalized spacial score (nSPS) is 11.5. The van der Waals surface area contributed by atoms with Crippen LogP contribution in [0, 0.1) is 0 Å². The molecule has 0 saturated heterocycles. The number of aryl methyl sites for hydroxylation is 1. The minimum Gasteiger partial charge on any atom is -0.333 e. The summed E-state index contributed by atoms with van der Waals surface area (Å²) in [6.07, 6.45) is 1.08. The van der Waals surface area contributed by atoms with E-state index >= 15 is 0 Å². The second kappa shape index (κ2) is 6.18. The third kappa shape index (κ3) is 2.45. The highest BCUT2D eigenvalue weighted by Crippen LogP contribution is 2.49. The van der Waals surface area contributed by atoms with Gasteiger partial charge in [0.2, 0.25) is 0 Å². The SMILES string of the molecule is CCCn1c(Br)c(Br)c2c(Br)c(Br)c(Br)c(Br)c21.